The number of methoxy groups -OCH3 is 1. The molecule has 0 aliphatic rings. The van der Waals surface area contributed by atoms with Gasteiger partial charge in [0.15, 0.2) is 17.3 Å². The molecular weight excluding hydrogens is 404 g/mol. The van der Waals surface area contributed by atoms with Crippen molar-refractivity contribution in [2.24, 2.45) is 0 Å². The second-order valence-corrected chi connectivity index (χ2v) is 8.49. The number of rotatable bonds is 9. The smallest absolute Gasteiger partial charge is 0.241 e. The highest BCUT2D eigenvalue weighted by molar-refractivity contribution is 7.89. The number of nitrogens with one attached hydrogen (secondary N) is 1. The molecule has 1 aromatic heterocycles. The van der Waals surface area contributed by atoms with E-state index in [9.17, 15) is 8.42 Å². The first kappa shape index (κ1) is 21.9. The number of nitrogens with zero attached hydrogens (tertiary/aromatic N) is 1. The molecule has 0 saturated carbocycles. The van der Waals surface area contributed by atoms with E-state index in [1.165, 1.54) is 0 Å². The van der Waals surface area contributed by atoms with E-state index in [4.69, 9.17) is 14.0 Å². The zero-order chi connectivity index (χ0) is 21.7. The van der Waals surface area contributed by atoms with Crippen LogP contribution in [-0.4, -0.2) is 27.3 Å². The summed E-state index contributed by atoms with van der Waals surface area (Å²) in [6, 6.07) is 12.4. The molecular formula is C22H26N2O5S. The molecule has 160 valence electrons. The monoisotopic (exact) mass is 430 g/mol. The van der Waals surface area contributed by atoms with E-state index in [0.717, 1.165) is 16.8 Å². The number of hydrogen-bond donors (Lipinski definition) is 1. The van der Waals surface area contributed by atoms with Gasteiger partial charge in [-0.05, 0) is 49.6 Å². The second-order valence-electron chi connectivity index (χ2n) is 6.75. The molecule has 0 spiro atoms. The minimum atomic E-state index is -3.75. The van der Waals surface area contributed by atoms with E-state index in [0.29, 0.717) is 35.9 Å². The third-order valence-corrected chi connectivity index (χ3v) is 6.13. The number of benzene rings is 2. The first-order chi connectivity index (χ1) is 14.4. The minimum absolute atomic E-state index is 0.125. The Hall–Kier alpha value is -2.84. The molecule has 0 amide bonds. The van der Waals surface area contributed by atoms with Crippen molar-refractivity contribution in [2.75, 3.05) is 13.7 Å². The fraction of sp³-hybridized carbons (Fsp3) is 0.318. The van der Waals surface area contributed by atoms with Gasteiger partial charge in [-0.25, -0.2) is 13.1 Å². The zero-order valence-electron chi connectivity index (χ0n) is 17.6. The molecule has 2 aromatic carbocycles. The maximum atomic E-state index is 13.1. The Kier molecular flexibility index (Phi) is 6.79. The van der Waals surface area contributed by atoms with Gasteiger partial charge in [0.05, 0.1) is 24.3 Å². The van der Waals surface area contributed by atoms with Crippen LogP contribution in [0.1, 0.15) is 30.7 Å². The normalized spacial score (nSPS) is 11.5. The highest BCUT2D eigenvalue weighted by Crippen LogP contribution is 2.29. The largest absolute Gasteiger partial charge is 0.493 e. The van der Waals surface area contributed by atoms with Crippen LogP contribution in [0.5, 0.6) is 11.5 Å². The van der Waals surface area contributed by atoms with E-state index in [-0.39, 0.29) is 11.4 Å². The van der Waals surface area contributed by atoms with Crippen LogP contribution in [0.15, 0.2) is 51.9 Å². The fourth-order valence-electron chi connectivity index (χ4n) is 3.10. The lowest BCUT2D eigenvalue weighted by Gasteiger charge is -2.13. The standard InChI is InChI=1S/C22H26N2O5S/c1-5-17-8-9-18(20-11-15(3)24-29-20)13-22(17)30(25,26)23-14-16-7-10-19(28-6-2)21(12-16)27-4/h7-13,23H,5-6,14H2,1-4H3. The van der Waals surface area contributed by atoms with Gasteiger partial charge in [0.25, 0.3) is 0 Å². The van der Waals surface area contributed by atoms with Crippen molar-refractivity contribution < 1.29 is 22.4 Å². The van der Waals surface area contributed by atoms with Gasteiger partial charge < -0.3 is 14.0 Å². The predicted octanol–water partition coefficient (Wildman–Crippen LogP) is 4.10. The summed E-state index contributed by atoms with van der Waals surface area (Å²) >= 11 is 0. The molecule has 0 unspecified atom stereocenters. The van der Waals surface area contributed by atoms with E-state index < -0.39 is 10.0 Å². The Morgan fingerprint density at radius 1 is 1.07 bits per heavy atom. The van der Waals surface area contributed by atoms with Gasteiger partial charge in [-0.3, -0.25) is 0 Å². The summed E-state index contributed by atoms with van der Waals surface area (Å²) in [7, 11) is -2.20. The molecule has 7 nitrogen and oxygen atoms in total. The van der Waals surface area contributed by atoms with Crippen molar-refractivity contribution in [2.45, 2.75) is 38.6 Å². The van der Waals surface area contributed by atoms with E-state index in [2.05, 4.69) is 9.88 Å². The molecule has 0 aliphatic carbocycles. The van der Waals surface area contributed by atoms with Crippen LogP contribution in [0.4, 0.5) is 0 Å². The molecule has 0 radical (unpaired) electrons. The minimum Gasteiger partial charge on any atom is -0.493 e. The Morgan fingerprint density at radius 3 is 2.50 bits per heavy atom. The summed E-state index contributed by atoms with van der Waals surface area (Å²) in [4.78, 5) is 0.231. The Bertz CT molecular complexity index is 1120. The summed E-state index contributed by atoms with van der Waals surface area (Å²) < 4.78 is 45.0. The molecule has 1 heterocycles. The number of ether oxygens (including phenoxy) is 2. The lowest BCUT2D eigenvalue weighted by Crippen LogP contribution is -2.24. The van der Waals surface area contributed by atoms with Crippen molar-refractivity contribution in [3.8, 4) is 22.8 Å². The van der Waals surface area contributed by atoms with Crippen LogP contribution >= 0.6 is 0 Å². The fourth-order valence-corrected chi connectivity index (χ4v) is 4.45. The van der Waals surface area contributed by atoms with Crippen LogP contribution in [0, 0.1) is 6.92 Å². The topological polar surface area (TPSA) is 90.7 Å². The van der Waals surface area contributed by atoms with Crippen molar-refractivity contribution in [3.05, 3.63) is 59.3 Å². The molecule has 1 N–H and O–H groups in total. The van der Waals surface area contributed by atoms with Crippen LogP contribution in [-0.2, 0) is 23.0 Å². The Morgan fingerprint density at radius 2 is 1.87 bits per heavy atom. The molecule has 0 atom stereocenters. The first-order valence-electron chi connectivity index (χ1n) is 9.74. The highest BCUT2D eigenvalue weighted by Gasteiger charge is 2.20. The van der Waals surface area contributed by atoms with Crippen LogP contribution < -0.4 is 14.2 Å². The number of hydrogen-bond acceptors (Lipinski definition) is 6. The first-order valence-corrected chi connectivity index (χ1v) is 11.2. The summed E-state index contributed by atoms with van der Waals surface area (Å²) in [6.07, 6.45) is 0.586. The molecule has 3 aromatic rings. The average Bonchev–Trinajstić information content (AvgIpc) is 3.19. The third kappa shape index (κ3) is 4.83. The summed E-state index contributed by atoms with van der Waals surface area (Å²) in [5.74, 6) is 1.71. The van der Waals surface area contributed by atoms with Crippen LogP contribution in [0.25, 0.3) is 11.3 Å². The lowest BCUT2D eigenvalue weighted by atomic mass is 10.1. The lowest BCUT2D eigenvalue weighted by molar-refractivity contribution is 0.310. The highest BCUT2D eigenvalue weighted by atomic mass is 32.2. The number of sulfonamides is 1. The number of aromatic nitrogens is 1. The van der Waals surface area contributed by atoms with Gasteiger partial charge in [0, 0.05) is 18.2 Å². The predicted molar refractivity (Wildman–Crippen MR) is 114 cm³/mol. The van der Waals surface area contributed by atoms with Crippen molar-refractivity contribution in [1.82, 2.24) is 9.88 Å². The molecule has 0 saturated heterocycles. The maximum Gasteiger partial charge on any atom is 0.241 e. The molecule has 0 fully saturated rings. The third-order valence-electron chi connectivity index (χ3n) is 4.64. The molecule has 8 heteroatoms. The summed E-state index contributed by atoms with van der Waals surface area (Å²) in [5.41, 5.74) is 2.89. The zero-order valence-corrected chi connectivity index (χ0v) is 18.4. The maximum absolute atomic E-state index is 13.1. The van der Waals surface area contributed by atoms with Crippen molar-refractivity contribution in [1.29, 1.82) is 0 Å². The van der Waals surface area contributed by atoms with Gasteiger partial charge in [-0.15, -0.1) is 0 Å². The van der Waals surface area contributed by atoms with Gasteiger partial charge in [0.1, 0.15) is 0 Å². The van der Waals surface area contributed by atoms with Crippen LogP contribution in [0.3, 0.4) is 0 Å². The molecule has 30 heavy (non-hydrogen) atoms. The van der Waals surface area contributed by atoms with Gasteiger partial charge in [0.2, 0.25) is 10.0 Å². The molecule has 0 aliphatic heterocycles. The van der Waals surface area contributed by atoms with Gasteiger partial charge in [-0.2, -0.15) is 0 Å². The molecule has 3 rings (SSSR count). The van der Waals surface area contributed by atoms with Crippen LogP contribution in [0.2, 0.25) is 0 Å². The number of aryl methyl sites for hydroxylation is 2. The quantitative estimate of drug-likeness (QED) is 0.550. The summed E-state index contributed by atoms with van der Waals surface area (Å²) in [6.45, 7) is 6.27. The average molecular weight is 431 g/mol. The van der Waals surface area contributed by atoms with E-state index in [1.807, 2.05) is 39.0 Å². The summed E-state index contributed by atoms with van der Waals surface area (Å²) in [5, 5.41) is 3.88. The van der Waals surface area contributed by atoms with E-state index >= 15 is 0 Å². The van der Waals surface area contributed by atoms with Crippen molar-refractivity contribution in [3.63, 3.8) is 0 Å². The molecule has 0 bridgehead atoms. The van der Waals surface area contributed by atoms with E-state index in [1.54, 1.807) is 31.4 Å². The SMILES string of the molecule is CCOc1ccc(CNS(=O)(=O)c2cc(-c3cc(C)no3)ccc2CC)cc1OC. The van der Waals surface area contributed by atoms with Gasteiger partial charge in [-0.1, -0.05) is 30.3 Å². The Labute approximate surface area is 177 Å². The van der Waals surface area contributed by atoms with Gasteiger partial charge >= 0.3 is 0 Å². The Balaban J connectivity index is 1.86. The van der Waals surface area contributed by atoms with Crippen molar-refractivity contribution >= 4 is 10.0 Å². The second kappa shape index (κ2) is 9.32.